The van der Waals surface area contributed by atoms with Crippen molar-refractivity contribution in [1.82, 2.24) is 20.3 Å². The van der Waals surface area contributed by atoms with Crippen molar-refractivity contribution in [2.75, 3.05) is 6.54 Å². The van der Waals surface area contributed by atoms with Crippen LogP contribution in [0.3, 0.4) is 0 Å². The Morgan fingerprint density at radius 3 is 2.67 bits per heavy atom. The van der Waals surface area contributed by atoms with Gasteiger partial charge in [-0.05, 0) is 19.8 Å². The number of hydrogen-bond acceptors (Lipinski definition) is 4. The minimum Gasteiger partial charge on any atom is -0.334 e. The minimum atomic E-state index is -0.131. The Balaban J connectivity index is 1.79. The lowest BCUT2D eigenvalue weighted by Crippen LogP contribution is -2.41. The highest BCUT2D eigenvalue weighted by molar-refractivity contribution is 5.97. The number of Topliss-reactive ketones (excluding diaryl/α,β-unsaturated/α-hetero) is 1. The molecular weight excluding hydrogens is 304 g/mol. The first-order valence-electron chi connectivity index (χ1n) is 8.43. The van der Waals surface area contributed by atoms with Crippen molar-refractivity contribution >= 4 is 11.7 Å². The molecule has 0 radical (unpaired) electrons. The van der Waals surface area contributed by atoms with E-state index in [0.717, 1.165) is 25.7 Å². The van der Waals surface area contributed by atoms with E-state index in [2.05, 4.69) is 15.4 Å². The molecule has 2 aromatic rings. The van der Waals surface area contributed by atoms with Gasteiger partial charge in [-0.2, -0.15) is 15.4 Å². The van der Waals surface area contributed by atoms with Gasteiger partial charge in [0, 0.05) is 24.6 Å². The zero-order valence-corrected chi connectivity index (χ0v) is 13.9. The quantitative estimate of drug-likeness (QED) is 0.876. The van der Waals surface area contributed by atoms with Crippen molar-refractivity contribution < 1.29 is 9.59 Å². The average Bonchev–Trinajstić information content (AvgIpc) is 2.89. The number of carbonyl (C=O) groups excluding carboxylic acids is 2. The molecule has 1 N–H and O–H groups in total. The first-order chi connectivity index (χ1) is 11.7. The summed E-state index contributed by atoms with van der Waals surface area (Å²) in [6.07, 6.45) is 4.28. The Labute approximate surface area is 141 Å². The zero-order valence-electron chi connectivity index (χ0n) is 13.9. The number of likely N-dealkylation sites (tertiary alicyclic amines) is 1. The molecule has 1 atom stereocenters. The molecule has 126 valence electrons. The van der Waals surface area contributed by atoms with Gasteiger partial charge in [0.15, 0.2) is 11.5 Å². The lowest BCUT2D eigenvalue weighted by atomic mass is 9.99. The van der Waals surface area contributed by atoms with Crippen LogP contribution in [0.4, 0.5) is 0 Å². The standard InChI is InChI=1S/C18H22N4O2/c1-13-17(20-21-19-13)18(24)22-11-7-3-6-10-15(22)12-16(23)14-8-4-2-5-9-14/h2,4-5,8-9,15H,3,6-7,10-12H2,1H3,(H,19,20,21). The summed E-state index contributed by atoms with van der Waals surface area (Å²) in [5.74, 6) is -0.0498. The molecule has 0 saturated carbocycles. The Morgan fingerprint density at radius 2 is 1.96 bits per heavy atom. The Morgan fingerprint density at radius 1 is 1.17 bits per heavy atom. The van der Waals surface area contributed by atoms with E-state index in [1.54, 1.807) is 6.92 Å². The van der Waals surface area contributed by atoms with E-state index < -0.39 is 0 Å². The summed E-state index contributed by atoms with van der Waals surface area (Å²) in [6.45, 7) is 2.43. The van der Waals surface area contributed by atoms with E-state index in [4.69, 9.17) is 0 Å². The van der Waals surface area contributed by atoms with E-state index in [1.807, 2.05) is 35.2 Å². The second kappa shape index (κ2) is 7.38. The van der Waals surface area contributed by atoms with Gasteiger partial charge in [0.25, 0.3) is 5.91 Å². The number of rotatable bonds is 4. The molecule has 1 aliphatic rings. The van der Waals surface area contributed by atoms with E-state index in [0.29, 0.717) is 29.9 Å². The third kappa shape index (κ3) is 3.53. The summed E-state index contributed by atoms with van der Waals surface area (Å²) >= 11 is 0. The molecule has 1 aromatic carbocycles. The van der Waals surface area contributed by atoms with Crippen LogP contribution in [0.15, 0.2) is 30.3 Å². The normalized spacial score (nSPS) is 18.2. The van der Waals surface area contributed by atoms with Crippen molar-refractivity contribution in [3.8, 4) is 0 Å². The average molecular weight is 326 g/mol. The predicted octanol–water partition coefficient (Wildman–Crippen LogP) is 2.77. The summed E-state index contributed by atoms with van der Waals surface area (Å²) in [4.78, 5) is 27.2. The Bertz CT molecular complexity index is 711. The highest BCUT2D eigenvalue weighted by Gasteiger charge is 2.30. The number of nitrogens with zero attached hydrogens (tertiary/aromatic N) is 3. The monoisotopic (exact) mass is 326 g/mol. The molecule has 1 saturated heterocycles. The first-order valence-corrected chi connectivity index (χ1v) is 8.43. The van der Waals surface area contributed by atoms with Gasteiger partial charge in [-0.3, -0.25) is 9.59 Å². The lowest BCUT2D eigenvalue weighted by molar-refractivity contribution is 0.0653. The van der Waals surface area contributed by atoms with Crippen LogP contribution in [0.5, 0.6) is 0 Å². The number of aromatic nitrogens is 3. The van der Waals surface area contributed by atoms with Gasteiger partial charge in [0.1, 0.15) is 0 Å². The number of aryl methyl sites for hydroxylation is 1. The summed E-state index contributed by atoms with van der Waals surface area (Å²) in [5.41, 5.74) is 1.65. The molecule has 1 aromatic heterocycles. The highest BCUT2D eigenvalue weighted by atomic mass is 16.2. The summed E-state index contributed by atoms with van der Waals surface area (Å²) < 4.78 is 0. The van der Waals surface area contributed by atoms with E-state index in [-0.39, 0.29) is 17.7 Å². The smallest absolute Gasteiger partial charge is 0.276 e. The molecule has 6 nitrogen and oxygen atoms in total. The minimum absolute atomic E-state index is 0.0798. The van der Waals surface area contributed by atoms with Crippen LogP contribution in [0, 0.1) is 6.92 Å². The Kier molecular flexibility index (Phi) is 5.03. The fraction of sp³-hybridized carbons (Fsp3) is 0.444. The first kappa shape index (κ1) is 16.4. The van der Waals surface area contributed by atoms with Gasteiger partial charge < -0.3 is 4.90 Å². The molecule has 0 spiro atoms. The predicted molar refractivity (Wildman–Crippen MR) is 89.8 cm³/mol. The Hall–Kier alpha value is -2.50. The topological polar surface area (TPSA) is 79.0 Å². The molecule has 0 bridgehead atoms. The van der Waals surface area contributed by atoms with Crippen LogP contribution in [0.25, 0.3) is 0 Å². The molecule has 3 rings (SSSR count). The fourth-order valence-electron chi connectivity index (χ4n) is 3.24. The molecule has 0 aliphatic carbocycles. The van der Waals surface area contributed by atoms with Crippen molar-refractivity contribution in [3.05, 3.63) is 47.3 Å². The molecule has 2 heterocycles. The van der Waals surface area contributed by atoms with Crippen LogP contribution in [-0.2, 0) is 0 Å². The van der Waals surface area contributed by atoms with Crippen molar-refractivity contribution in [2.45, 2.75) is 45.1 Å². The number of amides is 1. The van der Waals surface area contributed by atoms with Gasteiger partial charge >= 0.3 is 0 Å². The van der Waals surface area contributed by atoms with Crippen LogP contribution in [0.2, 0.25) is 0 Å². The maximum absolute atomic E-state index is 12.9. The largest absolute Gasteiger partial charge is 0.334 e. The molecule has 6 heteroatoms. The van der Waals surface area contributed by atoms with Gasteiger partial charge in [-0.1, -0.05) is 43.2 Å². The molecule has 1 fully saturated rings. The number of carbonyl (C=O) groups is 2. The number of nitrogens with one attached hydrogen (secondary N) is 1. The third-order valence-electron chi connectivity index (χ3n) is 4.58. The second-order valence-corrected chi connectivity index (χ2v) is 6.25. The SMILES string of the molecule is Cc1n[nH]nc1C(=O)N1CCCCCC1CC(=O)c1ccccc1. The summed E-state index contributed by atoms with van der Waals surface area (Å²) in [7, 11) is 0. The third-order valence-corrected chi connectivity index (χ3v) is 4.58. The van der Waals surface area contributed by atoms with Crippen LogP contribution < -0.4 is 0 Å². The van der Waals surface area contributed by atoms with Crippen molar-refractivity contribution in [3.63, 3.8) is 0 Å². The molecule has 1 aliphatic heterocycles. The van der Waals surface area contributed by atoms with Gasteiger partial charge in [-0.15, -0.1) is 0 Å². The highest BCUT2D eigenvalue weighted by Crippen LogP contribution is 2.23. The molecule has 24 heavy (non-hydrogen) atoms. The number of hydrogen-bond donors (Lipinski definition) is 1. The second-order valence-electron chi connectivity index (χ2n) is 6.25. The maximum Gasteiger partial charge on any atom is 0.276 e. The van der Waals surface area contributed by atoms with Crippen LogP contribution >= 0.6 is 0 Å². The molecule has 1 amide bonds. The molecule has 1 unspecified atom stereocenters. The van der Waals surface area contributed by atoms with Gasteiger partial charge in [-0.25, -0.2) is 0 Å². The van der Waals surface area contributed by atoms with Crippen molar-refractivity contribution in [2.24, 2.45) is 0 Å². The van der Waals surface area contributed by atoms with Gasteiger partial charge in [0.05, 0.1) is 5.69 Å². The number of benzene rings is 1. The van der Waals surface area contributed by atoms with E-state index in [1.165, 1.54) is 0 Å². The fourth-order valence-corrected chi connectivity index (χ4v) is 3.24. The van der Waals surface area contributed by atoms with Crippen LogP contribution in [-0.4, -0.2) is 44.6 Å². The van der Waals surface area contributed by atoms with Crippen molar-refractivity contribution in [1.29, 1.82) is 0 Å². The zero-order chi connectivity index (χ0) is 16.9. The summed E-state index contributed by atoms with van der Waals surface area (Å²) in [6, 6.07) is 9.19. The van der Waals surface area contributed by atoms with Gasteiger partial charge in [0.2, 0.25) is 0 Å². The summed E-state index contributed by atoms with van der Waals surface area (Å²) in [5, 5.41) is 10.4. The lowest BCUT2D eigenvalue weighted by Gasteiger charge is -2.29. The molecular formula is C18H22N4O2. The number of H-pyrrole nitrogens is 1. The maximum atomic E-state index is 12.9. The van der Waals surface area contributed by atoms with E-state index >= 15 is 0 Å². The number of ketones is 1. The van der Waals surface area contributed by atoms with Crippen LogP contribution in [0.1, 0.15) is 58.6 Å². The van der Waals surface area contributed by atoms with E-state index in [9.17, 15) is 9.59 Å². The number of aromatic amines is 1.